The van der Waals surface area contributed by atoms with E-state index in [-0.39, 0.29) is 35.8 Å². The van der Waals surface area contributed by atoms with E-state index >= 15 is 0 Å². The molecule has 2 unspecified atom stereocenters. The molecule has 2 saturated heterocycles. The van der Waals surface area contributed by atoms with Crippen LogP contribution in [0.1, 0.15) is 57.9 Å². The van der Waals surface area contributed by atoms with Crippen LogP contribution in [0.25, 0.3) is 0 Å². The first kappa shape index (κ1) is 22.8. The fraction of sp³-hybridized carbons (Fsp3) is 0.652. The van der Waals surface area contributed by atoms with Gasteiger partial charge in [-0.3, -0.25) is 9.59 Å². The van der Waals surface area contributed by atoms with Crippen LogP contribution >= 0.6 is 0 Å². The lowest BCUT2D eigenvalue weighted by Gasteiger charge is -2.30. The molecule has 2 heterocycles. The lowest BCUT2D eigenvalue weighted by Crippen LogP contribution is -2.45. The van der Waals surface area contributed by atoms with Crippen molar-refractivity contribution in [2.45, 2.75) is 64.8 Å². The Morgan fingerprint density at radius 2 is 1.83 bits per heavy atom. The molecule has 0 N–H and O–H groups in total. The molecule has 0 aliphatic carbocycles. The number of nitrogens with zero attached hydrogens (tertiary/aromatic N) is 2. The van der Waals surface area contributed by atoms with Crippen molar-refractivity contribution in [3.05, 3.63) is 29.8 Å². The highest BCUT2D eigenvalue weighted by atomic mass is 32.2. The summed E-state index contributed by atoms with van der Waals surface area (Å²) in [6.45, 7) is 5.15. The molecule has 0 aromatic heterocycles. The first-order chi connectivity index (χ1) is 14.3. The minimum absolute atomic E-state index is 0.0378. The Morgan fingerprint density at radius 1 is 1.13 bits per heavy atom. The van der Waals surface area contributed by atoms with E-state index in [4.69, 9.17) is 0 Å². The summed E-state index contributed by atoms with van der Waals surface area (Å²) < 4.78 is 23.9. The van der Waals surface area contributed by atoms with Crippen LogP contribution in [0, 0.1) is 5.92 Å². The zero-order chi connectivity index (χ0) is 21.7. The van der Waals surface area contributed by atoms with Crippen molar-refractivity contribution in [1.29, 1.82) is 0 Å². The van der Waals surface area contributed by atoms with Crippen LogP contribution in [-0.2, 0) is 25.8 Å². The number of hydrogen-bond donors (Lipinski definition) is 0. The largest absolute Gasteiger partial charge is 0.338 e. The quantitative estimate of drug-likeness (QED) is 0.598. The third-order valence-corrected chi connectivity index (χ3v) is 7.98. The molecule has 3 rings (SSSR count). The Bertz CT molecular complexity index is 850. The molecule has 0 spiro atoms. The first-order valence-corrected chi connectivity index (χ1v) is 13.1. The lowest BCUT2D eigenvalue weighted by atomic mass is 10.0. The van der Waals surface area contributed by atoms with E-state index in [2.05, 4.69) is 26.0 Å². The van der Waals surface area contributed by atoms with Crippen molar-refractivity contribution >= 4 is 27.3 Å². The van der Waals surface area contributed by atoms with Crippen molar-refractivity contribution in [1.82, 2.24) is 4.90 Å². The van der Waals surface area contributed by atoms with Gasteiger partial charge in [-0.25, -0.2) is 8.42 Å². The van der Waals surface area contributed by atoms with Crippen LogP contribution in [0.4, 0.5) is 5.69 Å². The maximum Gasteiger partial charge on any atom is 0.228 e. The van der Waals surface area contributed by atoms with Crippen LogP contribution in [0.3, 0.4) is 0 Å². The molecule has 2 aliphatic rings. The molecule has 0 saturated carbocycles. The summed E-state index contributed by atoms with van der Waals surface area (Å²) in [7, 11) is -3.07. The van der Waals surface area contributed by atoms with E-state index in [0.717, 1.165) is 37.8 Å². The van der Waals surface area contributed by atoms with Gasteiger partial charge in [0.1, 0.15) is 0 Å². The van der Waals surface area contributed by atoms with Gasteiger partial charge in [-0.2, -0.15) is 0 Å². The molecule has 166 valence electrons. The summed E-state index contributed by atoms with van der Waals surface area (Å²) in [5.74, 6) is -0.317. The number of anilines is 1. The topological polar surface area (TPSA) is 74.8 Å². The fourth-order valence-electron chi connectivity index (χ4n) is 4.40. The fourth-order valence-corrected chi connectivity index (χ4v) is 6.13. The van der Waals surface area contributed by atoms with Crippen molar-refractivity contribution < 1.29 is 18.0 Å². The molecule has 0 radical (unpaired) electrons. The van der Waals surface area contributed by atoms with Gasteiger partial charge in [0.2, 0.25) is 11.8 Å². The van der Waals surface area contributed by atoms with Gasteiger partial charge in [-0.1, -0.05) is 38.8 Å². The van der Waals surface area contributed by atoms with Gasteiger partial charge in [0, 0.05) is 31.2 Å². The van der Waals surface area contributed by atoms with Crippen LogP contribution in [0.2, 0.25) is 0 Å². The van der Waals surface area contributed by atoms with Crippen molar-refractivity contribution in [2.24, 2.45) is 5.92 Å². The number of unbranched alkanes of at least 4 members (excludes halogenated alkanes) is 2. The molecule has 7 heteroatoms. The maximum atomic E-state index is 13.3. The number of amides is 2. The predicted molar refractivity (Wildman–Crippen MR) is 119 cm³/mol. The van der Waals surface area contributed by atoms with E-state index in [1.54, 1.807) is 9.80 Å². The second kappa shape index (κ2) is 9.94. The highest BCUT2D eigenvalue weighted by Gasteiger charge is 2.41. The lowest BCUT2D eigenvalue weighted by molar-refractivity contribution is -0.137. The second-order valence-electron chi connectivity index (χ2n) is 8.62. The molecule has 2 fully saturated rings. The van der Waals surface area contributed by atoms with Gasteiger partial charge >= 0.3 is 0 Å². The molecule has 6 nitrogen and oxygen atoms in total. The zero-order valence-corrected chi connectivity index (χ0v) is 19.0. The van der Waals surface area contributed by atoms with Crippen molar-refractivity contribution in [3.8, 4) is 0 Å². The molecule has 1 aromatic rings. The van der Waals surface area contributed by atoms with E-state index in [9.17, 15) is 18.0 Å². The van der Waals surface area contributed by atoms with E-state index in [1.165, 1.54) is 5.56 Å². The number of hydrogen-bond acceptors (Lipinski definition) is 4. The highest BCUT2D eigenvalue weighted by molar-refractivity contribution is 7.91. The Morgan fingerprint density at radius 3 is 2.43 bits per heavy atom. The Hall–Kier alpha value is -1.89. The number of rotatable bonds is 9. The van der Waals surface area contributed by atoms with Gasteiger partial charge in [0.25, 0.3) is 0 Å². The summed E-state index contributed by atoms with van der Waals surface area (Å²) in [6, 6.07) is 7.80. The molecule has 0 bridgehead atoms. The molecule has 1 aromatic carbocycles. The smallest absolute Gasteiger partial charge is 0.228 e. The number of aryl methyl sites for hydroxylation is 1. The molecule has 2 atom stereocenters. The average molecular weight is 435 g/mol. The summed E-state index contributed by atoms with van der Waals surface area (Å²) in [5, 5.41) is 0. The van der Waals surface area contributed by atoms with Gasteiger partial charge in [-0.05, 0) is 43.4 Å². The molecule has 2 aliphatic heterocycles. The number of carbonyl (C=O) groups excluding carboxylic acids is 2. The Labute approximate surface area is 180 Å². The van der Waals surface area contributed by atoms with Gasteiger partial charge in [0.15, 0.2) is 9.84 Å². The van der Waals surface area contributed by atoms with Crippen LogP contribution in [-0.4, -0.2) is 55.8 Å². The minimum Gasteiger partial charge on any atom is -0.338 e. The third kappa shape index (κ3) is 5.42. The Kier molecular flexibility index (Phi) is 7.55. The minimum atomic E-state index is -3.07. The summed E-state index contributed by atoms with van der Waals surface area (Å²) in [6.07, 6.45) is 5.79. The van der Waals surface area contributed by atoms with Gasteiger partial charge in [0.05, 0.1) is 17.4 Å². The SMILES string of the molecule is CCCCc1ccc(N2CC(C(=O)N(CCCC)C3CCS(=O)(=O)C3)CC2=O)cc1. The molecular weight excluding hydrogens is 400 g/mol. The molecular formula is C23H34N2O4S. The molecule has 30 heavy (non-hydrogen) atoms. The Balaban J connectivity index is 1.69. The van der Waals surface area contributed by atoms with Crippen LogP contribution in [0.5, 0.6) is 0 Å². The third-order valence-electron chi connectivity index (χ3n) is 6.23. The first-order valence-electron chi connectivity index (χ1n) is 11.2. The standard InChI is InChI=1S/C23H34N2O4S/c1-3-5-7-18-8-10-20(11-9-18)25-16-19(15-22(25)26)23(27)24(13-6-4-2)21-12-14-30(28,29)17-21/h8-11,19,21H,3-7,12-17H2,1-2H3. The predicted octanol–water partition coefficient (Wildman–Crippen LogP) is 3.20. The van der Waals surface area contributed by atoms with Gasteiger partial charge < -0.3 is 9.80 Å². The van der Waals surface area contributed by atoms with E-state index in [0.29, 0.717) is 19.5 Å². The normalized spacial score (nSPS) is 23.1. The van der Waals surface area contributed by atoms with Gasteiger partial charge in [-0.15, -0.1) is 0 Å². The zero-order valence-electron chi connectivity index (χ0n) is 18.2. The number of sulfone groups is 1. The number of benzene rings is 1. The van der Waals surface area contributed by atoms with Crippen LogP contribution in [0.15, 0.2) is 24.3 Å². The summed E-state index contributed by atoms with van der Waals surface area (Å²) >= 11 is 0. The van der Waals surface area contributed by atoms with Crippen molar-refractivity contribution in [2.75, 3.05) is 29.5 Å². The highest BCUT2D eigenvalue weighted by Crippen LogP contribution is 2.29. The second-order valence-corrected chi connectivity index (χ2v) is 10.8. The van der Waals surface area contributed by atoms with E-state index in [1.807, 2.05) is 12.1 Å². The van der Waals surface area contributed by atoms with Crippen LogP contribution < -0.4 is 4.90 Å². The summed E-state index contributed by atoms with van der Waals surface area (Å²) in [4.78, 5) is 29.4. The number of carbonyl (C=O) groups is 2. The average Bonchev–Trinajstić information content (AvgIpc) is 3.29. The molecule has 2 amide bonds. The van der Waals surface area contributed by atoms with E-state index < -0.39 is 15.8 Å². The monoisotopic (exact) mass is 434 g/mol. The summed E-state index contributed by atoms with van der Waals surface area (Å²) in [5.41, 5.74) is 2.09. The van der Waals surface area contributed by atoms with Crippen molar-refractivity contribution in [3.63, 3.8) is 0 Å². The maximum absolute atomic E-state index is 13.3.